The number of benzene rings is 1. The van der Waals surface area contributed by atoms with Crippen LogP contribution in [-0.4, -0.2) is 31.9 Å². The van der Waals surface area contributed by atoms with Crippen molar-refractivity contribution >= 4 is 5.97 Å². The van der Waals surface area contributed by atoms with E-state index in [1.807, 2.05) is 6.92 Å². The van der Waals surface area contributed by atoms with E-state index in [1.165, 1.54) is 20.3 Å². The van der Waals surface area contributed by atoms with Gasteiger partial charge in [0.1, 0.15) is 11.3 Å². The molecule has 1 rings (SSSR count). The molecule has 0 radical (unpaired) electrons. The van der Waals surface area contributed by atoms with Crippen molar-refractivity contribution in [1.29, 1.82) is 0 Å². The monoisotopic (exact) mass is 226 g/mol. The number of carboxylic acids is 1. The fourth-order valence-corrected chi connectivity index (χ4v) is 1.35. The lowest BCUT2D eigenvalue weighted by Gasteiger charge is -2.12. The molecule has 0 aromatic heterocycles. The van der Waals surface area contributed by atoms with E-state index in [-0.39, 0.29) is 11.3 Å². The molecule has 1 N–H and O–H groups in total. The SMILES string of the molecule is CCOc1cc(OC)c(OC)c(C(=O)O)c1. The van der Waals surface area contributed by atoms with Crippen LogP contribution < -0.4 is 14.2 Å². The highest BCUT2D eigenvalue weighted by Gasteiger charge is 2.18. The number of hydrogen-bond acceptors (Lipinski definition) is 4. The molecule has 0 amide bonds. The largest absolute Gasteiger partial charge is 0.494 e. The zero-order valence-electron chi connectivity index (χ0n) is 9.44. The van der Waals surface area contributed by atoms with E-state index in [1.54, 1.807) is 6.07 Å². The van der Waals surface area contributed by atoms with Gasteiger partial charge in [-0.2, -0.15) is 0 Å². The van der Waals surface area contributed by atoms with Gasteiger partial charge in [0.15, 0.2) is 11.5 Å². The number of carboxylic acid groups (broad SMARTS) is 1. The van der Waals surface area contributed by atoms with Gasteiger partial charge in [0.2, 0.25) is 0 Å². The Labute approximate surface area is 93.6 Å². The minimum absolute atomic E-state index is 0.0188. The van der Waals surface area contributed by atoms with Crippen molar-refractivity contribution < 1.29 is 24.1 Å². The lowest BCUT2D eigenvalue weighted by molar-refractivity contribution is 0.0692. The summed E-state index contributed by atoms with van der Waals surface area (Å²) in [5, 5.41) is 9.02. The van der Waals surface area contributed by atoms with E-state index in [0.29, 0.717) is 18.1 Å². The summed E-state index contributed by atoms with van der Waals surface area (Å²) in [6.07, 6.45) is 0. The van der Waals surface area contributed by atoms with Crippen LogP contribution in [0.2, 0.25) is 0 Å². The Balaban J connectivity index is 3.31. The van der Waals surface area contributed by atoms with E-state index < -0.39 is 5.97 Å². The first-order valence-electron chi connectivity index (χ1n) is 4.76. The summed E-state index contributed by atoms with van der Waals surface area (Å²) >= 11 is 0. The van der Waals surface area contributed by atoms with E-state index in [9.17, 15) is 4.79 Å². The van der Waals surface area contributed by atoms with Crippen molar-refractivity contribution in [3.63, 3.8) is 0 Å². The predicted octanol–water partition coefficient (Wildman–Crippen LogP) is 1.80. The summed E-state index contributed by atoms with van der Waals surface area (Å²) in [6, 6.07) is 3.00. The van der Waals surface area contributed by atoms with E-state index in [0.717, 1.165) is 0 Å². The fourth-order valence-electron chi connectivity index (χ4n) is 1.35. The van der Waals surface area contributed by atoms with Crippen LogP contribution in [0.25, 0.3) is 0 Å². The summed E-state index contributed by atoms with van der Waals surface area (Å²) in [6.45, 7) is 2.27. The molecular formula is C11H14O5. The molecule has 0 aliphatic heterocycles. The molecule has 0 fully saturated rings. The molecule has 5 nitrogen and oxygen atoms in total. The Bertz CT molecular complexity index is 386. The lowest BCUT2D eigenvalue weighted by Crippen LogP contribution is -2.04. The van der Waals surface area contributed by atoms with Crippen molar-refractivity contribution in [1.82, 2.24) is 0 Å². The summed E-state index contributed by atoms with van der Waals surface area (Å²) in [5.41, 5.74) is 0.0188. The van der Waals surface area contributed by atoms with Crippen molar-refractivity contribution in [2.75, 3.05) is 20.8 Å². The summed E-state index contributed by atoms with van der Waals surface area (Å²) in [5.74, 6) is -0.112. The number of hydrogen-bond donors (Lipinski definition) is 1. The van der Waals surface area contributed by atoms with Gasteiger partial charge in [-0.25, -0.2) is 4.79 Å². The Morgan fingerprint density at radius 2 is 2.00 bits per heavy atom. The molecule has 0 unspecified atom stereocenters. The molecular weight excluding hydrogens is 212 g/mol. The molecule has 88 valence electrons. The second kappa shape index (κ2) is 5.25. The summed E-state index contributed by atoms with van der Waals surface area (Å²) in [4.78, 5) is 11.0. The third kappa shape index (κ3) is 2.36. The van der Waals surface area contributed by atoms with Crippen LogP contribution in [0, 0.1) is 0 Å². The molecule has 0 saturated heterocycles. The molecule has 0 aliphatic carbocycles. The number of aromatic carboxylic acids is 1. The number of ether oxygens (including phenoxy) is 3. The van der Waals surface area contributed by atoms with Gasteiger partial charge in [-0.05, 0) is 13.0 Å². The van der Waals surface area contributed by atoms with Crippen molar-refractivity contribution in [3.05, 3.63) is 17.7 Å². The highest BCUT2D eigenvalue weighted by atomic mass is 16.5. The minimum Gasteiger partial charge on any atom is -0.494 e. The smallest absolute Gasteiger partial charge is 0.339 e. The van der Waals surface area contributed by atoms with Gasteiger partial charge in [-0.15, -0.1) is 0 Å². The average Bonchev–Trinajstić information content (AvgIpc) is 2.28. The van der Waals surface area contributed by atoms with Gasteiger partial charge in [0, 0.05) is 6.07 Å². The first kappa shape index (κ1) is 12.2. The average molecular weight is 226 g/mol. The summed E-state index contributed by atoms with van der Waals surface area (Å²) in [7, 11) is 2.84. The second-order valence-electron chi connectivity index (χ2n) is 2.94. The third-order valence-corrected chi connectivity index (χ3v) is 1.99. The maximum Gasteiger partial charge on any atom is 0.339 e. The quantitative estimate of drug-likeness (QED) is 0.829. The van der Waals surface area contributed by atoms with Crippen LogP contribution in [0.15, 0.2) is 12.1 Å². The molecule has 1 aromatic carbocycles. The molecule has 0 bridgehead atoms. The molecule has 0 aliphatic rings. The Hall–Kier alpha value is -1.91. The van der Waals surface area contributed by atoms with E-state index in [4.69, 9.17) is 19.3 Å². The normalized spacial score (nSPS) is 9.69. The van der Waals surface area contributed by atoms with Crippen LogP contribution in [0.3, 0.4) is 0 Å². The topological polar surface area (TPSA) is 65.0 Å². The maximum absolute atomic E-state index is 11.0. The van der Waals surface area contributed by atoms with Crippen LogP contribution in [0.4, 0.5) is 0 Å². The molecule has 16 heavy (non-hydrogen) atoms. The predicted molar refractivity (Wildman–Crippen MR) is 57.7 cm³/mol. The molecule has 0 atom stereocenters. The van der Waals surface area contributed by atoms with Crippen LogP contribution in [-0.2, 0) is 0 Å². The van der Waals surface area contributed by atoms with Gasteiger partial charge in [-0.3, -0.25) is 0 Å². The fraction of sp³-hybridized carbons (Fsp3) is 0.364. The van der Waals surface area contributed by atoms with Crippen LogP contribution in [0.1, 0.15) is 17.3 Å². The third-order valence-electron chi connectivity index (χ3n) is 1.99. The van der Waals surface area contributed by atoms with Crippen LogP contribution >= 0.6 is 0 Å². The first-order chi connectivity index (χ1) is 7.63. The highest BCUT2D eigenvalue weighted by Crippen LogP contribution is 2.35. The summed E-state index contributed by atoms with van der Waals surface area (Å²) < 4.78 is 15.3. The van der Waals surface area contributed by atoms with Crippen LogP contribution in [0.5, 0.6) is 17.2 Å². The van der Waals surface area contributed by atoms with Gasteiger partial charge in [0.05, 0.1) is 20.8 Å². The number of rotatable bonds is 5. The molecule has 0 spiro atoms. The molecule has 1 aromatic rings. The van der Waals surface area contributed by atoms with Gasteiger partial charge >= 0.3 is 5.97 Å². The number of carbonyl (C=O) groups is 1. The maximum atomic E-state index is 11.0. The Morgan fingerprint density at radius 3 is 2.44 bits per heavy atom. The van der Waals surface area contributed by atoms with Gasteiger partial charge in [-0.1, -0.05) is 0 Å². The molecule has 0 saturated carbocycles. The first-order valence-corrected chi connectivity index (χ1v) is 4.76. The lowest BCUT2D eigenvalue weighted by atomic mass is 10.1. The van der Waals surface area contributed by atoms with Gasteiger partial charge < -0.3 is 19.3 Å². The Morgan fingerprint density at radius 1 is 1.31 bits per heavy atom. The van der Waals surface area contributed by atoms with E-state index >= 15 is 0 Å². The highest BCUT2D eigenvalue weighted by molar-refractivity contribution is 5.92. The molecule has 0 heterocycles. The van der Waals surface area contributed by atoms with Crippen molar-refractivity contribution in [3.8, 4) is 17.2 Å². The standard InChI is InChI=1S/C11H14O5/c1-4-16-7-5-8(11(12)13)10(15-3)9(6-7)14-2/h5-6H,4H2,1-3H3,(H,12,13). The molecule has 5 heteroatoms. The second-order valence-corrected chi connectivity index (χ2v) is 2.94. The Kier molecular flexibility index (Phi) is 3.99. The van der Waals surface area contributed by atoms with E-state index in [2.05, 4.69) is 0 Å². The zero-order chi connectivity index (χ0) is 12.1. The van der Waals surface area contributed by atoms with Crippen molar-refractivity contribution in [2.24, 2.45) is 0 Å². The number of methoxy groups -OCH3 is 2. The van der Waals surface area contributed by atoms with Gasteiger partial charge in [0.25, 0.3) is 0 Å². The minimum atomic E-state index is -1.09. The van der Waals surface area contributed by atoms with Crippen molar-refractivity contribution in [2.45, 2.75) is 6.92 Å². The zero-order valence-corrected chi connectivity index (χ0v) is 9.44.